The van der Waals surface area contributed by atoms with E-state index in [1.165, 1.54) is 24.3 Å². The zero-order valence-corrected chi connectivity index (χ0v) is 9.33. The summed E-state index contributed by atoms with van der Waals surface area (Å²) in [7, 11) is -3.86. The van der Waals surface area contributed by atoms with Gasteiger partial charge in [0.2, 0.25) is 0 Å². The lowest BCUT2D eigenvalue weighted by Gasteiger charge is -2.10. The van der Waals surface area contributed by atoms with Gasteiger partial charge in [-0.1, -0.05) is 12.1 Å². The minimum atomic E-state index is -3.86. The number of sulfone groups is 1. The molecule has 0 amide bonds. The Bertz CT molecular complexity index is 438. The summed E-state index contributed by atoms with van der Waals surface area (Å²) in [5.74, 6) is -1.65. The second kappa shape index (κ2) is 4.67. The molecular weight excluding hydrogens is 236 g/mol. The maximum Gasteiger partial charge on any atom is 0.323 e. The van der Waals surface area contributed by atoms with Gasteiger partial charge in [0, 0.05) is 5.75 Å². The van der Waals surface area contributed by atoms with E-state index >= 15 is 0 Å². The van der Waals surface area contributed by atoms with Gasteiger partial charge in [-0.25, -0.2) is 8.42 Å². The first-order chi connectivity index (χ1) is 7.00. The highest BCUT2D eigenvalue weighted by Crippen LogP contribution is 2.16. The summed E-state index contributed by atoms with van der Waals surface area (Å²) in [6.45, 7) is 0. The maximum absolute atomic E-state index is 11.8. The van der Waals surface area contributed by atoms with Crippen LogP contribution in [0, 0.1) is 6.07 Å². The second-order valence-corrected chi connectivity index (χ2v) is 5.29. The van der Waals surface area contributed by atoms with Gasteiger partial charge in [-0.15, -0.1) is 0 Å². The van der Waals surface area contributed by atoms with Crippen molar-refractivity contribution >= 4 is 28.4 Å². The number of benzene rings is 1. The standard InChI is InChI=1S/C9H9O4S2/c10-9(11)8(6-14)15(12,13)7-4-2-1-3-5-7/h1-2,4-5,8,14H,6H2,(H,10,11). The summed E-state index contributed by atoms with van der Waals surface area (Å²) in [6.07, 6.45) is 0. The first-order valence-corrected chi connectivity index (χ1v) is 6.21. The van der Waals surface area contributed by atoms with Crippen molar-refractivity contribution in [3.05, 3.63) is 30.3 Å². The summed E-state index contributed by atoms with van der Waals surface area (Å²) in [5.41, 5.74) is 0. The van der Waals surface area contributed by atoms with Crippen molar-refractivity contribution in [3.8, 4) is 0 Å². The molecule has 1 unspecified atom stereocenters. The molecule has 15 heavy (non-hydrogen) atoms. The van der Waals surface area contributed by atoms with Crippen molar-refractivity contribution in [1.82, 2.24) is 0 Å². The molecule has 1 N–H and O–H groups in total. The van der Waals surface area contributed by atoms with Gasteiger partial charge in [-0.05, 0) is 18.2 Å². The smallest absolute Gasteiger partial charge is 0.323 e. The van der Waals surface area contributed by atoms with Gasteiger partial charge < -0.3 is 5.11 Å². The van der Waals surface area contributed by atoms with Crippen molar-refractivity contribution in [2.75, 3.05) is 5.75 Å². The highest BCUT2D eigenvalue weighted by atomic mass is 32.2. The first kappa shape index (κ1) is 12.1. The summed E-state index contributed by atoms with van der Waals surface area (Å²) in [4.78, 5) is 10.7. The number of hydrogen-bond acceptors (Lipinski definition) is 4. The minimum absolute atomic E-state index is 0.0496. The van der Waals surface area contributed by atoms with E-state index in [0.29, 0.717) is 0 Å². The number of carboxylic acids is 1. The molecule has 1 rings (SSSR count). The molecule has 81 valence electrons. The van der Waals surface area contributed by atoms with Gasteiger partial charge in [-0.3, -0.25) is 4.79 Å². The van der Waals surface area contributed by atoms with E-state index in [1.54, 1.807) is 0 Å². The fourth-order valence-electron chi connectivity index (χ4n) is 1.03. The van der Waals surface area contributed by atoms with Gasteiger partial charge in [0.25, 0.3) is 0 Å². The van der Waals surface area contributed by atoms with Gasteiger partial charge in [0.05, 0.1) is 4.90 Å². The van der Waals surface area contributed by atoms with E-state index in [9.17, 15) is 13.2 Å². The Balaban J connectivity index is 3.19. The van der Waals surface area contributed by atoms with Gasteiger partial charge in [-0.2, -0.15) is 12.6 Å². The molecule has 0 aliphatic rings. The molecule has 0 aliphatic carbocycles. The number of carbonyl (C=O) groups is 1. The maximum atomic E-state index is 11.8. The average Bonchev–Trinajstić information content (AvgIpc) is 2.19. The van der Waals surface area contributed by atoms with Crippen molar-refractivity contribution in [3.63, 3.8) is 0 Å². The molecular formula is C9H9O4S2. The highest BCUT2D eigenvalue weighted by molar-refractivity contribution is 7.94. The van der Waals surface area contributed by atoms with Crippen LogP contribution in [-0.4, -0.2) is 30.5 Å². The normalized spacial score (nSPS) is 13.4. The van der Waals surface area contributed by atoms with Crippen molar-refractivity contribution in [1.29, 1.82) is 0 Å². The molecule has 6 heteroatoms. The van der Waals surface area contributed by atoms with E-state index in [1.807, 2.05) is 0 Å². The Hall–Kier alpha value is -1.01. The van der Waals surface area contributed by atoms with Gasteiger partial charge in [0.1, 0.15) is 0 Å². The zero-order chi connectivity index (χ0) is 11.5. The van der Waals surface area contributed by atoms with E-state index in [0.717, 1.165) is 0 Å². The number of aliphatic carboxylic acids is 1. The topological polar surface area (TPSA) is 71.4 Å². The van der Waals surface area contributed by atoms with E-state index in [4.69, 9.17) is 5.11 Å². The molecule has 0 bridgehead atoms. The lowest BCUT2D eigenvalue weighted by Crippen LogP contribution is -2.31. The lowest BCUT2D eigenvalue weighted by atomic mass is 10.4. The van der Waals surface area contributed by atoms with Crippen LogP contribution in [0.15, 0.2) is 29.2 Å². The Morgan fingerprint density at radius 3 is 2.67 bits per heavy atom. The van der Waals surface area contributed by atoms with Crippen LogP contribution in [0.2, 0.25) is 0 Å². The Morgan fingerprint density at radius 1 is 1.60 bits per heavy atom. The number of rotatable bonds is 4. The summed E-state index contributed by atoms with van der Waals surface area (Å²) >= 11 is 3.73. The van der Waals surface area contributed by atoms with Crippen LogP contribution in [0.1, 0.15) is 0 Å². The quantitative estimate of drug-likeness (QED) is 0.764. The van der Waals surface area contributed by atoms with Gasteiger partial charge >= 0.3 is 5.97 Å². The van der Waals surface area contributed by atoms with Crippen LogP contribution >= 0.6 is 12.6 Å². The summed E-state index contributed by atoms with van der Waals surface area (Å²) < 4.78 is 23.5. The molecule has 1 atom stereocenters. The van der Waals surface area contributed by atoms with Crippen LogP contribution in [-0.2, 0) is 14.6 Å². The summed E-state index contributed by atoms with van der Waals surface area (Å²) in [5, 5.41) is 7.21. The molecule has 0 saturated carbocycles. The number of thiol groups is 1. The Morgan fingerprint density at radius 2 is 2.27 bits per heavy atom. The van der Waals surface area contributed by atoms with E-state index in [2.05, 4.69) is 18.7 Å². The Kier molecular flexibility index (Phi) is 3.76. The van der Waals surface area contributed by atoms with Crippen LogP contribution in [0.3, 0.4) is 0 Å². The first-order valence-electron chi connectivity index (χ1n) is 4.04. The van der Waals surface area contributed by atoms with E-state index < -0.39 is 21.1 Å². The van der Waals surface area contributed by atoms with Crippen LogP contribution in [0.5, 0.6) is 0 Å². The Labute approximate surface area is 93.3 Å². The molecule has 0 saturated heterocycles. The molecule has 1 aromatic carbocycles. The molecule has 0 fully saturated rings. The van der Waals surface area contributed by atoms with E-state index in [-0.39, 0.29) is 10.6 Å². The zero-order valence-electron chi connectivity index (χ0n) is 7.62. The minimum Gasteiger partial charge on any atom is -0.480 e. The number of carboxylic acid groups (broad SMARTS) is 1. The van der Waals surface area contributed by atoms with Crippen LogP contribution < -0.4 is 0 Å². The third kappa shape index (κ3) is 2.51. The van der Waals surface area contributed by atoms with Crippen molar-refractivity contribution in [2.24, 2.45) is 0 Å². The fourth-order valence-corrected chi connectivity index (χ4v) is 3.06. The molecule has 0 aromatic heterocycles. The lowest BCUT2D eigenvalue weighted by molar-refractivity contribution is -0.136. The third-order valence-electron chi connectivity index (χ3n) is 1.82. The van der Waals surface area contributed by atoms with Crippen LogP contribution in [0.25, 0.3) is 0 Å². The largest absolute Gasteiger partial charge is 0.480 e. The predicted octanol–water partition coefficient (Wildman–Crippen LogP) is 0.643. The average molecular weight is 245 g/mol. The van der Waals surface area contributed by atoms with Crippen LogP contribution in [0.4, 0.5) is 0 Å². The molecule has 1 aromatic rings. The SMILES string of the molecule is O=C(O)C(CS)S(=O)(=O)c1c[c]ccc1. The fraction of sp³-hybridized carbons (Fsp3) is 0.222. The molecule has 1 radical (unpaired) electrons. The van der Waals surface area contributed by atoms with Gasteiger partial charge in [0.15, 0.2) is 15.1 Å². The molecule has 4 nitrogen and oxygen atoms in total. The van der Waals surface area contributed by atoms with Crippen molar-refractivity contribution < 1.29 is 18.3 Å². The highest BCUT2D eigenvalue weighted by Gasteiger charge is 2.32. The number of hydrogen-bond donors (Lipinski definition) is 2. The molecule has 0 heterocycles. The molecule has 0 spiro atoms. The molecule has 0 aliphatic heterocycles. The monoisotopic (exact) mass is 245 g/mol. The predicted molar refractivity (Wildman–Crippen MR) is 57.7 cm³/mol. The second-order valence-electron chi connectivity index (χ2n) is 2.79. The third-order valence-corrected chi connectivity index (χ3v) is 4.46. The van der Waals surface area contributed by atoms with Crippen molar-refractivity contribution in [2.45, 2.75) is 10.1 Å². The summed E-state index contributed by atoms with van der Waals surface area (Å²) in [6, 6.07) is 8.20.